The van der Waals surface area contributed by atoms with Crippen LogP contribution < -0.4 is 10.1 Å². The zero-order valence-corrected chi connectivity index (χ0v) is 11.5. The SMILES string of the molecule is O=C(O)CNc1cccc2c1OCCN(CC1CC1)C2. The molecule has 0 amide bonds. The lowest BCUT2D eigenvalue weighted by molar-refractivity contribution is -0.134. The number of rotatable bonds is 5. The number of fused-ring (bicyclic) bond motifs is 1. The Morgan fingerprint density at radius 3 is 3.05 bits per heavy atom. The van der Waals surface area contributed by atoms with Crippen molar-refractivity contribution in [1.82, 2.24) is 4.90 Å². The van der Waals surface area contributed by atoms with Gasteiger partial charge in [0.1, 0.15) is 18.9 Å². The van der Waals surface area contributed by atoms with E-state index in [1.165, 1.54) is 12.8 Å². The van der Waals surface area contributed by atoms with Gasteiger partial charge in [0, 0.05) is 25.2 Å². The molecule has 0 spiro atoms. The molecule has 0 atom stereocenters. The Kier molecular flexibility index (Phi) is 3.78. The van der Waals surface area contributed by atoms with E-state index < -0.39 is 5.97 Å². The van der Waals surface area contributed by atoms with Crippen LogP contribution in [0.5, 0.6) is 5.75 Å². The fraction of sp³-hybridized carbons (Fsp3) is 0.533. The van der Waals surface area contributed by atoms with Crippen molar-refractivity contribution >= 4 is 11.7 Å². The Hall–Kier alpha value is -1.75. The van der Waals surface area contributed by atoms with Gasteiger partial charge >= 0.3 is 5.97 Å². The molecule has 0 radical (unpaired) electrons. The molecule has 5 heteroatoms. The summed E-state index contributed by atoms with van der Waals surface area (Å²) in [6, 6.07) is 5.89. The first-order valence-corrected chi connectivity index (χ1v) is 7.15. The van der Waals surface area contributed by atoms with Gasteiger partial charge in [0.2, 0.25) is 0 Å². The number of carbonyl (C=O) groups is 1. The molecule has 1 aromatic carbocycles. The van der Waals surface area contributed by atoms with Crippen LogP contribution in [0.2, 0.25) is 0 Å². The van der Waals surface area contributed by atoms with Gasteiger partial charge in [-0.3, -0.25) is 9.69 Å². The molecule has 0 unspecified atom stereocenters. The van der Waals surface area contributed by atoms with E-state index in [4.69, 9.17) is 9.84 Å². The molecule has 2 aliphatic rings. The fourth-order valence-corrected chi connectivity index (χ4v) is 2.61. The number of para-hydroxylation sites is 1. The van der Waals surface area contributed by atoms with E-state index in [2.05, 4.69) is 16.3 Å². The van der Waals surface area contributed by atoms with Gasteiger partial charge in [0.15, 0.2) is 0 Å². The minimum atomic E-state index is -0.869. The van der Waals surface area contributed by atoms with Crippen LogP contribution in [0.4, 0.5) is 5.69 Å². The average Bonchev–Trinajstić information content (AvgIpc) is 3.23. The summed E-state index contributed by atoms with van der Waals surface area (Å²) < 4.78 is 5.85. The lowest BCUT2D eigenvalue weighted by Gasteiger charge is -2.18. The first kappa shape index (κ1) is 13.2. The first-order valence-electron chi connectivity index (χ1n) is 7.15. The van der Waals surface area contributed by atoms with Crippen molar-refractivity contribution in [2.75, 3.05) is 31.6 Å². The van der Waals surface area contributed by atoms with E-state index >= 15 is 0 Å². The maximum Gasteiger partial charge on any atom is 0.322 e. The molecule has 5 nitrogen and oxygen atoms in total. The van der Waals surface area contributed by atoms with Gasteiger partial charge in [-0.15, -0.1) is 0 Å². The molecular formula is C15H20N2O3. The van der Waals surface area contributed by atoms with Crippen LogP contribution in [0.25, 0.3) is 0 Å². The summed E-state index contributed by atoms with van der Waals surface area (Å²) in [4.78, 5) is 13.1. The number of anilines is 1. The Morgan fingerprint density at radius 2 is 2.30 bits per heavy atom. The molecule has 0 bridgehead atoms. The molecule has 3 rings (SSSR count). The summed E-state index contributed by atoms with van der Waals surface area (Å²) in [7, 11) is 0. The van der Waals surface area contributed by atoms with Crippen molar-refractivity contribution < 1.29 is 14.6 Å². The van der Waals surface area contributed by atoms with Gasteiger partial charge < -0.3 is 15.2 Å². The van der Waals surface area contributed by atoms with Crippen molar-refractivity contribution in [2.24, 2.45) is 5.92 Å². The van der Waals surface area contributed by atoms with E-state index in [1.54, 1.807) is 0 Å². The van der Waals surface area contributed by atoms with Crippen molar-refractivity contribution in [3.05, 3.63) is 23.8 Å². The highest BCUT2D eigenvalue weighted by atomic mass is 16.5. The third-order valence-corrected chi connectivity index (χ3v) is 3.79. The van der Waals surface area contributed by atoms with Crippen LogP contribution >= 0.6 is 0 Å². The normalized spacial score (nSPS) is 18.8. The molecule has 2 N–H and O–H groups in total. The Morgan fingerprint density at radius 1 is 1.45 bits per heavy atom. The summed E-state index contributed by atoms with van der Waals surface area (Å²) >= 11 is 0. The standard InChI is InChI=1S/C15H20N2O3/c18-14(19)8-16-13-3-1-2-12-10-17(9-11-4-5-11)6-7-20-15(12)13/h1-3,11,16H,4-10H2,(H,18,19). The van der Waals surface area contributed by atoms with Crippen LogP contribution in [-0.2, 0) is 11.3 Å². The van der Waals surface area contributed by atoms with Crippen LogP contribution in [0.1, 0.15) is 18.4 Å². The highest BCUT2D eigenvalue weighted by Crippen LogP contribution is 2.34. The molecule has 20 heavy (non-hydrogen) atoms. The second-order valence-electron chi connectivity index (χ2n) is 5.57. The Labute approximate surface area is 118 Å². The van der Waals surface area contributed by atoms with Gasteiger partial charge in [-0.1, -0.05) is 12.1 Å². The number of aliphatic carboxylic acids is 1. The molecule has 0 saturated heterocycles. The van der Waals surface area contributed by atoms with Crippen molar-refractivity contribution in [1.29, 1.82) is 0 Å². The maximum absolute atomic E-state index is 10.7. The quantitative estimate of drug-likeness (QED) is 0.858. The largest absolute Gasteiger partial charge is 0.490 e. The summed E-state index contributed by atoms with van der Waals surface area (Å²) in [5, 5.41) is 11.7. The average molecular weight is 276 g/mol. The van der Waals surface area contributed by atoms with Crippen molar-refractivity contribution in [3.63, 3.8) is 0 Å². The predicted molar refractivity (Wildman–Crippen MR) is 76.1 cm³/mol. The molecule has 1 heterocycles. The minimum absolute atomic E-state index is 0.0917. The fourth-order valence-electron chi connectivity index (χ4n) is 2.61. The van der Waals surface area contributed by atoms with Crippen molar-refractivity contribution in [3.8, 4) is 5.75 Å². The molecular weight excluding hydrogens is 256 g/mol. The number of carboxylic acids is 1. The Bertz CT molecular complexity index is 500. The zero-order chi connectivity index (χ0) is 13.9. The molecule has 1 fully saturated rings. The van der Waals surface area contributed by atoms with E-state index in [9.17, 15) is 4.79 Å². The highest BCUT2D eigenvalue weighted by molar-refractivity contribution is 5.74. The van der Waals surface area contributed by atoms with Crippen LogP contribution in [0.15, 0.2) is 18.2 Å². The number of hydrogen-bond acceptors (Lipinski definition) is 4. The van der Waals surface area contributed by atoms with Gasteiger partial charge in [0.05, 0.1) is 5.69 Å². The van der Waals surface area contributed by atoms with Crippen molar-refractivity contribution in [2.45, 2.75) is 19.4 Å². The third-order valence-electron chi connectivity index (χ3n) is 3.79. The smallest absolute Gasteiger partial charge is 0.322 e. The van der Waals surface area contributed by atoms with Gasteiger partial charge in [-0.05, 0) is 24.8 Å². The second kappa shape index (κ2) is 5.71. The first-order chi connectivity index (χ1) is 9.72. The van der Waals surface area contributed by atoms with E-state index in [0.29, 0.717) is 6.61 Å². The molecule has 1 saturated carbocycles. The van der Waals surface area contributed by atoms with Gasteiger partial charge in [-0.2, -0.15) is 0 Å². The summed E-state index contributed by atoms with van der Waals surface area (Å²) in [5.74, 6) is 0.809. The summed E-state index contributed by atoms with van der Waals surface area (Å²) in [6.07, 6.45) is 2.70. The molecule has 1 aliphatic heterocycles. The lowest BCUT2D eigenvalue weighted by Crippen LogP contribution is -2.27. The molecule has 1 aliphatic carbocycles. The number of carboxylic acid groups (broad SMARTS) is 1. The van der Waals surface area contributed by atoms with Crippen LogP contribution in [0.3, 0.4) is 0 Å². The van der Waals surface area contributed by atoms with Gasteiger partial charge in [0.25, 0.3) is 0 Å². The number of hydrogen-bond donors (Lipinski definition) is 2. The number of benzene rings is 1. The summed E-state index contributed by atoms with van der Waals surface area (Å²) in [5.41, 5.74) is 1.91. The van der Waals surface area contributed by atoms with Gasteiger partial charge in [-0.25, -0.2) is 0 Å². The highest BCUT2D eigenvalue weighted by Gasteiger charge is 2.26. The Balaban J connectivity index is 1.74. The minimum Gasteiger partial charge on any atom is -0.490 e. The third kappa shape index (κ3) is 3.22. The predicted octanol–water partition coefficient (Wildman–Crippen LogP) is 1.79. The lowest BCUT2D eigenvalue weighted by atomic mass is 10.1. The van der Waals surface area contributed by atoms with E-state index in [1.807, 2.05) is 12.1 Å². The van der Waals surface area contributed by atoms with E-state index in [0.717, 1.165) is 42.6 Å². The topological polar surface area (TPSA) is 61.8 Å². The van der Waals surface area contributed by atoms with E-state index in [-0.39, 0.29) is 6.54 Å². The molecule has 1 aromatic rings. The monoisotopic (exact) mass is 276 g/mol. The number of ether oxygens (including phenoxy) is 1. The number of nitrogens with one attached hydrogen (secondary N) is 1. The summed E-state index contributed by atoms with van der Waals surface area (Å²) in [6.45, 7) is 3.53. The molecule has 0 aromatic heterocycles. The zero-order valence-electron chi connectivity index (χ0n) is 11.5. The second-order valence-corrected chi connectivity index (χ2v) is 5.57. The van der Waals surface area contributed by atoms with Crippen LogP contribution in [0, 0.1) is 5.92 Å². The number of nitrogens with zero attached hydrogens (tertiary/aromatic N) is 1. The molecule has 108 valence electrons. The maximum atomic E-state index is 10.7. The van der Waals surface area contributed by atoms with Crippen LogP contribution in [-0.4, -0.2) is 42.2 Å².